The molecule has 12 rings (SSSR count). The first kappa shape index (κ1) is 50.7. The molecule has 0 spiro atoms. The molecule has 0 saturated carbocycles. The molecular formula is C56H58F2N14O6. The van der Waals surface area contributed by atoms with E-state index in [-0.39, 0.29) is 51.1 Å². The summed E-state index contributed by atoms with van der Waals surface area (Å²) in [5, 5.41) is 34.0. The van der Waals surface area contributed by atoms with Crippen LogP contribution in [0, 0.1) is 11.6 Å². The fourth-order valence-corrected chi connectivity index (χ4v) is 11.1. The standard InChI is InChI=1S/C56H58F2N14O6/c1-67(2)28-42-44(70-18-20-77-31-33(73)26-70)9-11-48(65-42)63-41-8-6-35(37-23-62-56(76)53(37)41)47-25-60-54-38(39(58)14-17-72(47)54)27-68(3)29-43-45(69-15-4-19-78-51(74)30-69)10-12-49(66-43)64-40-7-5-34(36-22-61-55(75)52(36)40)46-24-59-50-21-32(57)13-16-71(46)50/h5-14,16-17,21,24-25,33,51,73-74H,4,15,18-20,22-23,26-31H2,1-3H3,(H,61,75)(H,62,76)(H,63,65)(H,64,66)/t33?,51-/m0/s1. The van der Waals surface area contributed by atoms with Crippen molar-refractivity contribution in [2.75, 3.05) is 87.6 Å². The van der Waals surface area contributed by atoms with E-state index in [0.29, 0.717) is 114 Å². The fraction of sp³-hybridized carbons (Fsp3) is 0.321. The largest absolute Gasteiger partial charge is 0.389 e. The second-order valence-electron chi connectivity index (χ2n) is 20.4. The molecule has 78 heavy (non-hydrogen) atoms. The summed E-state index contributed by atoms with van der Waals surface area (Å²) in [6, 6.07) is 19.3. The van der Waals surface area contributed by atoms with Gasteiger partial charge in [-0.2, -0.15) is 0 Å². The number of halogens is 2. The first-order valence-corrected chi connectivity index (χ1v) is 25.9. The lowest BCUT2D eigenvalue weighted by Gasteiger charge is -2.28. The van der Waals surface area contributed by atoms with Gasteiger partial charge in [0.1, 0.15) is 34.6 Å². The summed E-state index contributed by atoms with van der Waals surface area (Å²) in [6.07, 6.45) is 5.68. The van der Waals surface area contributed by atoms with Crippen molar-refractivity contribution in [2.45, 2.75) is 51.5 Å². The zero-order chi connectivity index (χ0) is 53.8. The Morgan fingerprint density at radius 2 is 1.35 bits per heavy atom. The highest BCUT2D eigenvalue weighted by atomic mass is 19.1. The highest BCUT2D eigenvalue weighted by Crippen LogP contribution is 2.39. The zero-order valence-electron chi connectivity index (χ0n) is 43.3. The summed E-state index contributed by atoms with van der Waals surface area (Å²) in [6.45, 7) is 4.52. The van der Waals surface area contributed by atoms with Crippen LogP contribution >= 0.6 is 0 Å². The number of rotatable bonds is 14. The third-order valence-electron chi connectivity index (χ3n) is 14.6. The maximum atomic E-state index is 16.2. The topological polar surface area (TPSA) is 215 Å². The van der Waals surface area contributed by atoms with Crippen molar-refractivity contribution in [1.82, 2.24) is 49.2 Å². The number of imidazole rings is 2. The molecule has 20 nitrogen and oxygen atoms in total. The average Bonchev–Trinajstić information content (AvgIpc) is 4.33. The molecule has 8 aromatic rings. The number of benzene rings is 2. The zero-order valence-corrected chi connectivity index (χ0v) is 43.3. The summed E-state index contributed by atoms with van der Waals surface area (Å²) in [7, 11) is 5.82. The SMILES string of the molecule is CN(C)Cc1nc(Nc2ccc(-c3cnc4c(CN(C)Cc5nc(Nc6ccc(-c7cnc8cc(F)ccn78)c7c6C(=O)NC7)ccc5N5CCCO[C@H](O)C5)c(F)ccn34)c3c2C(=O)NC3)ccc1N1CCOCC(O)C1. The summed E-state index contributed by atoms with van der Waals surface area (Å²) in [4.78, 5) is 54.6. The number of nitrogens with one attached hydrogen (secondary N) is 4. The number of hydrogen-bond donors (Lipinski definition) is 6. The van der Waals surface area contributed by atoms with Crippen molar-refractivity contribution >= 4 is 57.5 Å². The van der Waals surface area contributed by atoms with Gasteiger partial charge >= 0.3 is 0 Å². The number of β-amino-alcohol motifs (C(OH)–C–C–N with tert-alkyl or cyclic N) is 2. The molecule has 2 atom stereocenters. The number of ether oxygens (including phenoxy) is 2. The van der Waals surface area contributed by atoms with Gasteiger partial charge in [0, 0.05) is 87.5 Å². The number of anilines is 6. The Kier molecular flexibility index (Phi) is 13.7. The van der Waals surface area contributed by atoms with E-state index >= 15 is 4.39 Å². The van der Waals surface area contributed by atoms with Crippen molar-refractivity contribution in [3.8, 4) is 22.5 Å². The normalized spacial score (nSPS) is 17.7. The molecule has 4 aliphatic rings. The maximum Gasteiger partial charge on any atom is 0.254 e. The van der Waals surface area contributed by atoms with Crippen molar-refractivity contribution in [3.63, 3.8) is 0 Å². The minimum Gasteiger partial charge on any atom is -0.389 e. The smallest absolute Gasteiger partial charge is 0.254 e. The molecule has 2 aromatic carbocycles. The Morgan fingerprint density at radius 1 is 0.718 bits per heavy atom. The number of amides is 2. The highest BCUT2D eigenvalue weighted by molar-refractivity contribution is 6.07. The number of aliphatic hydroxyl groups is 2. The van der Waals surface area contributed by atoms with Gasteiger partial charge in [0.25, 0.3) is 11.8 Å². The Hall–Kier alpha value is -8.12. The summed E-state index contributed by atoms with van der Waals surface area (Å²) in [5.41, 5.74) is 10.9. The van der Waals surface area contributed by atoms with Gasteiger partial charge in [-0.25, -0.2) is 28.7 Å². The van der Waals surface area contributed by atoms with Gasteiger partial charge in [-0.3, -0.25) is 23.3 Å². The summed E-state index contributed by atoms with van der Waals surface area (Å²) in [5.74, 6) is -0.302. The van der Waals surface area contributed by atoms with Crippen molar-refractivity contribution in [1.29, 1.82) is 0 Å². The second-order valence-corrected chi connectivity index (χ2v) is 20.4. The van der Waals surface area contributed by atoms with E-state index in [1.807, 2.05) is 88.8 Å². The number of pyridine rings is 4. The summed E-state index contributed by atoms with van der Waals surface area (Å²) >= 11 is 0. The van der Waals surface area contributed by atoms with Crippen LogP contribution in [0.2, 0.25) is 0 Å². The van der Waals surface area contributed by atoms with Gasteiger partial charge in [0.2, 0.25) is 0 Å². The van der Waals surface area contributed by atoms with Crippen LogP contribution < -0.4 is 31.1 Å². The van der Waals surface area contributed by atoms with Crippen LogP contribution in [-0.4, -0.2) is 140 Å². The number of aliphatic hydroxyl groups excluding tert-OH is 2. The molecule has 0 radical (unpaired) electrons. The Labute approximate surface area is 447 Å². The van der Waals surface area contributed by atoms with Gasteiger partial charge < -0.3 is 55.7 Å². The molecule has 0 aliphatic carbocycles. The Bertz CT molecular complexity index is 3640. The van der Waals surface area contributed by atoms with Gasteiger partial charge in [-0.1, -0.05) is 12.1 Å². The number of carbonyl (C=O) groups excluding carboxylic acids is 2. The van der Waals surface area contributed by atoms with E-state index in [2.05, 4.69) is 31.2 Å². The second kappa shape index (κ2) is 21.0. The highest BCUT2D eigenvalue weighted by Gasteiger charge is 2.31. The number of fused-ring (bicyclic) bond motifs is 4. The van der Waals surface area contributed by atoms with Crippen LogP contribution in [0.4, 0.5) is 43.2 Å². The lowest BCUT2D eigenvalue weighted by molar-refractivity contribution is -0.0850. The number of aromatic nitrogens is 6. The third-order valence-corrected chi connectivity index (χ3v) is 14.6. The molecule has 2 amide bonds. The van der Waals surface area contributed by atoms with Crippen LogP contribution in [0.3, 0.4) is 0 Å². The van der Waals surface area contributed by atoms with Gasteiger partial charge in [0.05, 0.1) is 102 Å². The van der Waals surface area contributed by atoms with E-state index in [1.54, 1.807) is 29.2 Å². The first-order chi connectivity index (χ1) is 37.8. The monoisotopic (exact) mass is 1060 g/mol. The molecule has 0 bridgehead atoms. The molecule has 22 heteroatoms. The van der Waals surface area contributed by atoms with Crippen LogP contribution in [0.5, 0.6) is 0 Å². The van der Waals surface area contributed by atoms with E-state index in [0.717, 1.165) is 39.3 Å². The molecule has 2 saturated heterocycles. The van der Waals surface area contributed by atoms with E-state index in [9.17, 15) is 24.2 Å². The van der Waals surface area contributed by atoms with Crippen molar-refractivity contribution < 1.29 is 38.1 Å². The van der Waals surface area contributed by atoms with Crippen LogP contribution in [0.1, 0.15) is 55.2 Å². The minimum atomic E-state index is -1.01. The lowest BCUT2D eigenvalue weighted by Crippen LogP contribution is -2.34. The molecule has 402 valence electrons. The van der Waals surface area contributed by atoms with Gasteiger partial charge in [-0.05, 0) is 87.2 Å². The minimum absolute atomic E-state index is 0.136. The van der Waals surface area contributed by atoms with Crippen LogP contribution in [-0.2, 0) is 42.2 Å². The molecule has 10 heterocycles. The molecule has 6 N–H and O–H groups in total. The predicted octanol–water partition coefficient (Wildman–Crippen LogP) is 5.79. The number of hydrogen-bond acceptors (Lipinski definition) is 16. The van der Waals surface area contributed by atoms with Gasteiger partial charge in [-0.15, -0.1) is 0 Å². The van der Waals surface area contributed by atoms with Crippen LogP contribution in [0.25, 0.3) is 33.8 Å². The van der Waals surface area contributed by atoms with Gasteiger partial charge in [0.15, 0.2) is 6.29 Å². The lowest BCUT2D eigenvalue weighted by atomic mass is 9.99. The molecule has 6 aromatic heterocycles. The molecule has 4 aliphatic heterocycles. The first-order valence-electron chi connectivity index (χ1n) is 25.9. The molecular weight excluding hydrogens is 1000 g/mol. The van der Waals surface area contributed by atoms with E-state index in [1.165, 1.54) is 18.2 Å². The number of nitrogens with zero attached hydrogens (tertiary/aromatic N) is 10. The molecule has 2 fully saturated rings. The summed E-state index contributed by atoms with van der Waals surface area (Å²) < 4.78 is 45.1. The quantitative estimate of drug-likeness (QED) is 0.0760. The fourth-order valence-electron chi connectivity index (χ4n) is 11.1. The number of carbonyl (C=O) groups is 2. The predicted molar refractivity (Wildman–Crippen MR) is 289 cm³/mol. The maximum absolute atomic E-state index is 16.2. The Balaban J connectivity index is 0.825. The average molecular weight is 1060 g/mol. The third kappa shape index (κ3) is 9.82. The Morgan fingerprint density at radius 3 is 2.03 bits per heavy atom. The van der Waals surface area contributed by atoms with E-state index < -0.39 is 24.0 Å². The molecule has 1 unspecified atom stereocenters. The van der Waals surface area contributed by atoms with E-state index in [4.69, 9.17) is 24.4 Å². The van der Waals surface area contributed by atoms with Crippen LogP contribution in [0.15, 0.2) is 91.5 Å². The van der Waals surface area contributed by atoms with Crippen molar-refractivity contribution in [3.05, 3.63) is 142 Å². The van der Waals surface area contributed by atoms with Crippen molar-refractivity contribution in [2.24, 2.45) is 0 Å².